The number of unbranched alkanes of at least 4 members (excludes halogenated alkanes) is 1. The van der Waals surface area contributed by atoms with E-state index in [9.17, 15) is 0 Å². The van der Waals surface area contributed by atoms with E-state index in [1.807, 2.05) is 0 Å². The van der Waals surface area contributed by atoms with Crippen molar-refractivity contribution in [2.45, 2.75) is 31.2 Å². The number of hydrogen-bond donors (Lipinski definition) is 0. The van der Waals surface area contributed by atoms with Crippen LogP contribution in [-0.4, -0.2) is 10.2 Å². The molecular formula is C11H14ClSi. The Kier molecular flexibility index (Phi) is 5.17. The van der Waals surface area contributed by atoms with Gasteiger partial charge in [0.25, 0.3) is 0 Å². The summed E-state index contributed by atoms with van der Waals surface area (Å²) >= 11 is 5.70. The molecule has 0 bridgehead atoms. The lowest BCUT2D eigenvalue weighted by Crippen LogP contribution is -1.86. The molecule has 1 rings (SSSR count). The van der Waals surface area contributed by atoms with Gasteiger partial charge >= 0.3 is 0 Å². The molecule has 0 saturated heterocycles. The monoisotopic (exact) mass is 209 g/mol. The predicted octanol–water partition coefficient (Wildman–Crippen LogP) is 3.33. The Balaban J connectivity index is 2.40. The van der Waals surface area contributed by atoms with Gasteiger partial charge in [-0.1, -0.05) is 36.7 Å². The van der Waals surface area contributed by atoms with Gasteiger partial charge in [-0.2, -0.15) is 0 Å². The Hall–Kier alpha value is -0.273. The minimum absolute atomic E-state index is 0.612. The van der Waals surface area contributed by atoms with Crippen molar-refractivity contribution in [3.8, 4) is 0 Å². The highest BCUT2D eigenvalue weighted by Crippen LogP contribution is 2.09. The molecule has 0 aromatic heterocycles. The first-order valence-corrected chi connectivity index (χ1v) is 5.89. The number of benzene rings is 1. The number of halogens is 1. The molecule has 0 amide bonds. The van der Waals surface area contributed by atoms with Crippen molar-refractivity contribution in [2.75, 3.05) is 0 Å². The van der Waals surface area contributed by atoms with Crippen LogP contribution in [0.15, 0.2) is 24.3 Å². The molecule has 0 aliphatic heterocycles. The second-order valence-electron chi connectivity index (χ2n) is 3.16. The largest absolute Gasteiger partial charge is 0.122 e. The summed E-state index contributed by atoms with van der Waals surface area (Å²) < 4.78 is 0. The second-order valence-corrected chi connectivity index (χ2v) is 3.92. The summed E-state index contributed by atoms with van der Waals surface area (Å²) in [5.41, 5.74) is 2.61. The van der Waals surface area contributed by atoms with Crippen LogP contribution in [0.1, 0.15) is 24.0 Å². The Morgan fingerprint density at radius 1 is 1.00 bits per heavy atom. The van der Waals surface area contributed by atoms with Gasteiger partial charge in [0.15, 0.2) is 0 Å². The van der Waals surface area contributed by atoms with Gasteiger partial charge in [0.1, 0.15) is 0 Å². The molecule has 0 N–H and O–H groups in total. The minimum Gasteiger partial charge on any atom is -0.122 e. The summed E-state index contributed by atoms with van der Waals surface area (Å²) in [6.07, 6.45) is 3.67. The van der Waals surface area contributed by atoms with Crippen molar-refractivity contribution in [1.29, 1.82) is 0 Å². The highest BCUT2D eigenvalue weighted by molar-refractivity contribution is 6.17. The van der Waals surface area contributed by atoms with Gasteiger partial charge in [0.2, 0.25) is 0 Å². The van der Waals surface area contributed by atoms with Crippen LogP contribution < -0.4 is 0 Å². The quantitative estimate of drug-likeness (QED) is 0.397. The van der Waals surface area contributed by atoms with Gasteiger partial charge in [0, 0.05) is 16.1 Å². The summed E-state index contributed by atoms with van der Waals surface area (Å²) in [5, 5.41) is 0. The van der Waals surface area contributed by atoms with E-state index in [0.717, 1.165) is 6.04 Å². The van der Waals surface area contributed by atoms with Crippen LogP contribution in [-0.2, 0) is 12.3 Å². The third-order valence-electron chi connectivity index (χ3n) is 2.07. The molecule has 13 heavy (non-hydrogen) atoms. The van der Waals surface area contributed by atoms with E-state index < -0.39 is 0 Å². The molecule has 0 saturated carbocycles. The zero-order valence-electron chi connectivity index (χ0n) is 7.72. The molecular weight excluding hydrogens is 196 g/mol. The number of alkyl halides is 1. The summed E-state index contributed by atoms with van der Waals surface area (Å²) in [4.78, 5) is 0. The molecule has 0 fully saturated rings. The summed E-state index contributed by atoms with van der Waals surface area (Å²) in [7, 11) is 3.47. The van der Waals surface area contributed by atoms with E-state index in [1.54, 1.807) is 0 Å². The maximum atomic E-state index is 5.70. The Labute approximate surface area is 88.7 Å². The lowest BCUT2D eigenvalue weighted by atomic mass is 10.1. The second kappa shape index (κ2) is 6.22. The van der Waals surface area contributed by atoms with Gasteiger partial charge in [-0.05, 0) is 24.0 Å². The van der Waals surface area contributed by atoms with Crippen LogP contribution in [0, 0.1) is 0 Å². The normalized spacial score (nSPS) is 10.3. The number of aryl methyl sites for hydroxylation is 1. The zero-order chi connectivity index (χ0) is 9.52. The van der Waals surface area contributed by atoms with Gasteiger partial charge in [0.05, 0.1) is 0 Å². The average Bonchev–Trinajstić information content (AvgIpc) is 2.19. The van der Waals surface area contributed by atoms with Crippen LogP contribution in [0.3, 0.4) is 0 Å². The Bertz CT molecular complexity index is 230. The van der Waals surface area contributed by atoms with Crippen molar-refractivity contribution in [3.05, 3.63) is 35.4 Å². The van der Waals surface area contributed by atoms with Gasteiger partial charge in [-0.3, -0.25) is 0 Å². The molecule has 0 spiro atoms. The van der Waals surface area contributed by atoms with Crippen LogP contribution >= 0.6 is 11.6 Å². The third-order valence-corrected chi connectivity index (χ3v) is 2.73. The summed E-state index contributed by atoms with van der Waals surface area (Å²) in [6.45, 7) is 0. The Morgan fingerprint density at radius 2 is 1.62 bits per heavy atom. The lowest BCUT2D eigenvalue weighted by Gasteiger charge is -2.01. The molecule has 1 aromatic carbocycles. The third kappa shape index (κ3) is 3.97. The van der Waals surface area contributed by atoms with E-state index in [2.05, 4.69) is 34.5 Å². The predicted molar refractivity (Wildman–Crippen MR) is 59.5 cm³/mol. The maximum absolute atomic E-state index is 5.70. The van der Waals surface area contributed by atoms with Crippen LogP contribution in [0.5, 0.6) is 0 Å². The fourth-order valence-electron chi connectivity index (χ4n) is 1.25. The van der Waals surface area contributed by atoms with Crippen molar-refractivity contribution >= 4 is 21.8 Å². The SMILES string of the molecule is [Si]CCCCc1ccc(CCl)cc1. The molecule has 0 aliphatic rings. The van der Waals surface area contributed by atoms with E-state index in [0.29, 0.717) is 5.88 Å². The maximum Gasteiger partial charge on any atom is 0.0474 e. The molecule has 69 valence electrons. The first-order valence-electron chi connectivity index (χ1n) is 4.65. The molecule has 0 atom stereocenters. The van der Waals surface area contributed by atoms with Crippen molar-refractivity contribution < 1.29 is 0 Å². The average molecular weight is 210 g/mol. The lowest BCUT2D eigenvalue weighted by molar-refractivity contribution is 0.794. The highest BCUT2D eigenvalue weighted by Gasteiger charge is 1.93. The molecule has 0 unspecified atom stereocenters. The van der Waals surface area contributed by atoms with Crippen LogP contribution in [0.25, 0.3) is 0 Å². The molecule has 3 radical (unpaired) electrons. The van der Waals surface area contributed by atoms with Gasteiger partial charge < -0.3 is 0 Å². The molecule has 0 heterocycles. The van der Waals surface area contributed by atoms with Crippen molar-refractivity contribution in [3.63, 3.8) is 0 Å². The van der Waals surface area contributed by atoms with Crippen LogP contribution in [0.4, 0.5) is 0 Å². The zero-order valence-corrected chi connectivity index (χ0v) is 9.48. The minimum atomic E-state index is 0.612. The number of hydrogen-bond acceptors (Lipinski definition) is 0. The molecule has 2 heteroatoms. The van der Waals surface area contributed by atoms with Crippen molar-refractivity contribution in [2.24, 2.45) is 0 Å². The Morgan fingerprint density at radius 3 is 2.15 bits per heavy atom. The fraction of sp³-hybridized carbons (Fsp3) is 0.455. The van der Waals surface area contributed by atoms with Gasteiger partial charge in [-0.25, -0.2) is 0 Å². The van der Waals surface area contributed by atoms with E-state index in [1.165, 1.54) is 30.4 Å². The molecule has 0 aliphatic carbocycles. The van der Waals surface area contributed by atoms with Crippen molar-refractivity contribution in [1.82, 2.24) is 0 Å². The molecule has 0 nitrogen and oxygen atoms in total. The highest BCUT2D eigenvalue weighted by atomic mass is 35.5. The standard InChI is InChI=1S/C11H14ClSi/c12-9-11-6-4-10(5-7-11)3-1-2-8-13/h4-7H,1-3,8-9H2. The summed E-state index contributed by atoms with van der Waals surface area (Å²) in [5.74, 6) is 0.612. The number of rotatable bonds is 5. The molecule has 1 aromatic rings. The first-order chi connectivity index (χ1) is 6.36. The topological polar surface area (TPSA) is 0 Å². The van der Waals surface area contributed by atoms with Crippen LogP contribution in [0.2, 0.25) is 6.04 Å². The van der Waals surface area contributed by atoms with E-state index >= 15 is 0 Å². The smallest absolute Gasteiger partial charge is 0.0474 e. The first kappa shape index (κ1) is 10.8. The van der Waals surface area contributed by atoms with Gasteiger partial charge in [-0.15, -0.1) is 11.6 Å². The van der Waals surface area contributed by atoms with E-state index in [-0.39, 0.29) is 0 Å². The summed E-state index contributed by atoms with van der Waals surface area (Å²) in [6, 6.07) is 9.66. The van der Waals surface area contributed by atoms with E-state index in [4.69, 9.17) is 11.6 Å². The fourth-order valence-corrected chi connectivity index (χ4v) is 1.68.